The van der Waals surface area contributed by atoms with Crippen LogP contribution in [0.4, 0.5) is 4.79 Å². The van der Waals surface area contributed by atoms with E-state index < -0.39 is 5.60 Å². The molecule has 0 saturated heterocycles. The van der Waals surface area contributed by atoms with E-state index in [1.54, 1.807) is 0 Å². The zero-order chi connectivity index (χ0) is 14.2. The van der Waals surface area contributed by atoms with Gasteiger partial charge in [0.1, 0.15) is 5.60 Å². The van der Waals surface area contributed by atoms with Gasteiger partial charge in [-0.05, 0) is 47.6 Å². The molecule has 0 atom stereocenters. The lowest BCUT2D eigenvalue weighted by atomic mass is 9.96. The van der Waals surface area contributed by atoms with Gasteiger partial charge < -0.3 is 15.4 Å². The molecular formula is C13H25N3O2. The van der Waals surface area contributed by atoms with Crippen molar-refractivity contribution in [2.24, 2.45) is 5.41 Å². The van der Waals surface area contributed by atoms with Crippen LogP contribution < -0.4 is 10.6 Å². The molecule has 104 valence electrons. The van der Waals surface area contributed by atoms with E-state index >= 15 is 0 Å². The van der Waals surface area contributed by atoms with E-state index in [9.17, 15) is 4.79 Å². The molecule has 0 aromatic heterocycles. The van der Waals surface area contributed by atoms with Crippen molar-refractivity contribution >= 4 is 6.09 Å². The number of amides is 1. The highest BCUT2D eigenvalue weighted by Gasteiger charge is 2.16. The predicted molar refractivity (Wildman–Crippen MR) is 71.1 cm³/mol. The van der Waals surface area contributed by atoms with Gasteiger partial charge in [-0.3, -0.25) is 0 Å². The quantitative estimate of drug-likeness (QED) is 0.712. The molecule has 0 radical (unpaired) electrons. The Labute approximate surface area is 110 Å². The number of hydrogen-bond donors (Lipinski definition) is 2. The summed E-state index contributed by atoms with van der Waals surface area (Å²) < 4.78 is 5.10. The molecule has 5 nitrogen and oxygen atoms in total. The molecular weight excluding hydrogens is 230 g/mol. The van der Waals surface area contributed by atoms with Crippen LogP contribution in [0.1, 0.15) is 41.0 Å². The van der Waals surface area contributed by atoms with Gasteiger partial charge in [-0.1, -0.05) is 0 Å². The Morgan fingerprint density at radius 1 is 1.22 bits per heavy atom. The highest BCUT2D eigenvalue weighted by molar-refractivity contribution is 5.67. The van der Waals surface area contributed by atoms with Gasteiger partial charge in [-0.15, -0.1) is 0 Å². The zero-order valence-electron chi connectivity index (χ0n) is 12.1. The Morgan fingerprint density at radius 3 is 2.33 bits per heavy atom. The molecule has 0 aromatic carbocycles. The first-order valence-corrected chi connectivity index (χ1v) is 6.25. The molecule has 2 N–H and O–H groups in total. The highest BCUT2D eigenvalue weighted by atomic mass is 16.6. The first kappa shape index (κ1) is 16.7. The van der Waals surface area contributed by atoms with Gasteiger partial charge in [0, 0.05) is 13.1 Å². The van der Waals surface area contributed by atoms with Crippen molar-refractivity contribution < 1.29 is 9.53 Å². The van der Waals surface area contributed by atoms with Gasteiger partial charge in [0.2, 0.25) is 0 Å². The number of hydrogen-bond acceptors (Lipinski definition) is 4. The van der Waals surface area contributed by atoms with Gasteiger partial charge >= 0.3 is 6.09 Å². The van der Waals surface area contributed by atoms with Gasteiger partial charge in [-0.25, -0.2) is 4.79 Å². The zero-order valence-corrected chi connectivity index (χ0v) is 12.1. The van der Waals surface area contributed by atoms with Crippen LogP contribution >= 0.6 is 0 Å². The predicted octanol–water partition coefficient (Wildman–Crippen LogP) is 2.04. The minimum atomic E-state index is -0.459. The van der Waals surface area contributed by atoms with E-state index in [-0.39, 0.29) is 11.5 Å². The summed E-state index contributed by atoms with van der Waals surface area (Å²) in [5.41, 5.74) is -0.808. The first-order chi connectivity index (χ1) is 8.16. The van der Waals surface area contributed by atoms with E-state index in [4.69, 9.17) is 10.00 Å². The monoisotopic (exact) mass is 255 g/mol. The van der Waals surface area contributed by atoms with Crippen molar-refractivity contribution in [3.8, 4) is 6.07 Å². The number of nitrogens with zero attached hydrogens (tertiary/aromatic N) is 1. The molecule has 1 amide bonds. The topological polar surface area (TPSA) is 74.2 Å². The van der Waals surface area contributed by atoms with E-state index in [1.807, 2.05) is 34.6 Å². The smallest absolute Gasteiger partial charge is 0.407 e. The van der Waals surface area contributed by atoms with E-state index in [0.717, 1.165) is 13.0 Å². The Balaban J connectivity index is 3.53. The molecule has 0 unspecified atom stereocenters. The SMILES string of the molecule is CC(C)(C#N)CNCCCNC(=O)OC(C)(C)C. The van der Waals surface area contributed by atoms with Crippen LogP contribution in [0.3, 0.4) is 0 Å². The first-order valence-electron chi connectivity index (χ1n) is 6.25. The molecule has 0 aliphatic heterocycles. The Kier molecular flexibility index (Phi) is 6.71. The fourth-order valence-corrected chi connectivity index (χ4v) is 1.16. The summed E-state index contributed by atoms with van der Waals surface area (Å²) in [6, 6.07) is 2.22. The third-order valence-corrected chi connectivity index (χ3v) is 2.07. The van der Waals surface area contributed by atoms with Crippen molar-refractivity contribution in [1.82, 2.24) is 10.6 Å². The fourth-order valence-electron chi connectivity index (χ4n) is 1.16. The third kappa shape index (κ3) is 9.91. The Bertz CT molecular complexity index is 300. The van der Waals surface area contributed by atoms with Crippen molar-refractivity contribution in [2.45, 2.75) is 46.6 Å². The number of nitriles is 1. The number of carbonyl (C=O) groups is 1. The van der Waals surface area contributed by atoms with Crippen LogP contribution in [-0.4, -0.2) is 31.3 Å². The fraction of sp³-hybridized carbons (Fsp3) is 0.846. The van der Waals surface area contributed by atoms with Crippen molar-refractivity contribution in [2.75, 3.05) is 19.6 Å². The molecule has 0 aliphatic rings. The minimum Gasteiger partial charge on any atom is -0.444 e. The lowest BCUT2D eigenvalue weighted by Gasteiger charge is -2.20. The van der Waals surface area contributed by atoms with Gasteiger partial charge in [0.15, 0.2) is 0 Å². The second-order valence-electron chi connectivity index (χ2n) is 5.95. The second-order valence-corrected chi connectivity index (χ2v) is 5.95. The van der Waals surface area contributed by atoms with Crippen LogP contribution in [0.15, 0.2) is 0 Å². The molecule has 5 heteroatoms. The Hall–Kier alpha value is -1.28. The van der Waals surface area contributed by atoms with Crippen LogP contribution in [0.2, 0.25) is 0 Å². The largest absolute Gasteiger partial charge is 0.444 e. The van der Waals surface area contributed by atoms with E-state index in [2.05, 4.69) is 16.7 Å². The number of alkyl carbamates (subject to hydrolysis) is 1. The summed E-state index contributed by atoms with van der Waals surface area (Å²) in [5, 5.41) is 14.7. The van der Waals surface area contributed by atoms with Crippen molar-refractivity contribution in [3.63, 3.8) is 0 Å². The maximum atomic E-state index is 11.3. The normalized spacial score (nSPS) is 11.8. The number of rotatable bonds is 6. The Morgan fingerprint density at radius 2 is 1.83 bits per heavy atom. The second kappa shape index (κ2) is 7.22. The number of ether oxygens (including phenoxy) is 1. The summed E-state index contributed by atoms with van der Waals surface area (Å²) in [6.45, 7) is 11.2. The lowest BCUT2D eigenvalue weighted by molar-refractivity contribution is 0.0527. The molecule has 18 heavy (non-hydrogen) atoms. The number of nitrogens with one attached hydrogen (secondary N) is 2. The maximum absolute atomic E-state index is 11.3. The minimum absolute atomic E-state index is 0.349. The van der Waals surface area contributed by atoms with Crippen LogP contribution in [0, 0.1) is 16.7 Å². The lowest BCUT2D eigenvalue weighted by Crippen LogP contribution is -2.35. The van der Waals surface area contributed by atoms with E-state index in [0.29, 0.717) is 13.1 Å². The molecule has 0 saturated carbocycles. The van der Waals surface area contributed by atoms with Crippen LogP contribution in [0.25, 0.3) is 0 Å². The summed E-state index contributed by atoms with van der Waals surface area (Å²) in [7, 11) is 0. The third-order valence-electron chi connectivity index (χ3n) is 2.07. The van der Waals surface area contributed by atoms with E-state index in [1.165, 1.54) is 0 Å². The number of carbonyl (C=O) groups excluding carboxylic acids is 1. The van der Waals surface area contributed by atoms with Crippen molar-refractivity contribution in [3.05, 3.63) is 0 Å². The van der Waals surface area contributed by atoms with Gasteiger partial charge in [0.25, 0.3) is 0 Å². The molecule has 0 spiro atoms. The maximum Gasteiger partial charge on any atom is 0.407 e. The standard InChI is InChI=1S/C13H25N3O2/c1-12(2,3)18-11(17)16-8-6-7-15-10-13(4,5)9-14/h15H,6-8,10H2,1-5H3,(H,16,17). The summed E-state index contributed by atoms with van der Waals surface area (Å²) in [4.78, 5) is 11.3. The van der Waals surface area contributed by atoms with Crippen LogP contribution in [-0.2, 0) is 4.74 Å². The molecule has 0 aromatic rings. The van der Waals surface area contributed by atoms with Gasteiger partial charge in [-0.2, -0.15) is 5.26 Å². The highest BCUT2D eigenvalue weighted by Crippen LogP contribution is 2.10. The average molecular weight is 255 g/mol. The summed E-state index contributed by atoms with van der Waals surface area (Å²) in [6.07, 6.45) is 0.417. The average Bonchev–Trinajstić information content (AvgIpc) is 2.20. The summed E-state index contributed by atoms with van der Waals surface area (Å²) >= 11 is 0. The molecule has 0 rings (SSSR count). The molecule has 0 heterocycles. The summed E-state index contributed by atoms with van der Waals surface area (Å²) in [5.74, 6) is 0. The van der Waals surface area contributed by atoms with Crippen molar-refractivity contribution in [1.29, 1.82) is 5.26 Å². The molecule has 0 aliphatic carbocycles. The molecule has 0 bridgehead atoms. The van der Waals surface area contributed by atoms with Crippen LogP contribution in [0.5, 0.6) is 0 Å². The van der Waals surface area contributed by atoms with Gasteiger partial charge in [0.05, 0.1) is 11.5 Å². The molecule has 0 fully saturated rings.